The van der Waals surface area contributed by atoms with Crippen LogP contribution in [0.3, 0.4) is 0 Å². The molecule has 1 unspecified atom stereocenters. The molecule has 3 N–H and O–H groups in total. The van der Waals surface area contributed by atoms with Crippen molar-refractivity contribution >= 4 is 11.9 Å². The van der Waals surface area contributed by atoms with Crippen LogP contribution in [0.25, 0.3) is 0 Å². The number of esters is 1. The van der Waals surface area contributed by atoms with Crippen molar-refractivity contribution in [1.82, 2.24) is 5.32 Å². The molecule has 0 saturated heterocycles. The minimum absolute atomic E-state index is 0.573. The van der Waals surface area contributed by atoms with Crippen LogP contribution in [0.15, 0.2) is 30.3 Å². The Morgan fingerprint density at radius 1 is 1.18 bits per heavy atom. The van der Waals surface area contributed by atoms with E-state index in [2.05, 4.69) is 5.32 Å². The van der Waals surface area contributed by atoms with Crippen molar-refractivity contribution in [3.8, 4) is 0 Å². The number of hydrogen-bond acceptors (Lipinski definition) is 5. The summed E-state index contributed by atoms with van der Waals surface area (Å²) in [6.45, 7) is 6.55. The molecule has 22 heavy (non-hydrogen) atoms. The maximum absolute atomic E-state index is 12.4. The van der Waals surface area contributed by atoms with Gasteiger partial charge in [-0.05, 0) is 33.3 Å². The van der Waals surface area contributed by atoms with Gasteiger partial charge >= 0.3 is 11.9 Å². The fraction of sp³-hybridized carbons (Fsp3) is 0.500. The van der Waals surface area contributed by atoms with Gasteiger partial charge in [-0.2, -0.15) is 0 Å². The van der Waals surface area contributed by atoms with E-state index in [0.717, 1.165) is 0 Å². The minimum atomic E-state index is -1.28. The van der Waals surface area contributed by atoms with Crippen LogP contribution in [-0.2, 0) is 14.3 Å². The molecule has 0 spiro atoms. The van der Waals surface area contributed by atoms with Gasteiger partial charge in [0.15, 0.2) is 0 Å². The molecule has 0 bridgehead atoms. The highest BCUT2D eigenvalue weighted by atomic mass is 16.6. The molecule has 122 valence electrons. The molecule has 0 radical (unpaired) electrons. The second kappa shape index (κ2) is 7.38. The number of hydrogen-bond donors (Lipinski definition) is 3. The van der Waals surface area contributed by atoms with Gasteiger partial charge in [-0.3, -0.25) is 10.1 Å². The first-order valence-corrected chi connectivity index (χ1v) is 7.06. The molecular weight excluding hydrogens is 286 g/mol. The Morgan fingerprint density at radius 2 is 1.73 bits per heavy atom. The molecule has 0 aliphatic rings. The van der Waals surface area contributed by atoms with Crippen molar-refractivity contribution in [2.24, 2.45) is 0 Å². The summed E-state index contributed by atoms with van der Waals surface area (Å²) in [6, 6.07) is 6.41. The monoisotopic (exact) mass is 309 g/mol. The Bertz CT molecular complexity index is 507. The quantitative estimate of drug-likeness (QED) is 0.689. The number of ether oxygens (including phenoxy) is 1. The topological polar surface area (TPSA) is 95.9 Å². The van der Waals surface area contributed by atoms with Crippen molar-refractivity contribution < 1.29 is 24.5 Å². The molecule has 0 aromatic heterocycles. The third-order valence-electron chi connectivity index (χ3n) is 2.87. The molecule has 1 rings (SSSR count). The number of rotatable bonds is 6. The molecule has 0 aliphatic heterocycles. The van der Waals surface area contributed by atoms with Crippen LogP contribution in [0.5, 0.6) is 0 Å². The molecule has 0 heterocycles. The number of carbonyl (C=O) groups is 2. The van der Waals surface area contributed by atoms with Gasteiger partial charge in [-0.1, -0.05) is 30.3 Å². The average Bonchev–Trinajstić information content (AvgIpc) is 2.37. The lowest BCUT2D eigenvalue weighted by atomic mass is 10.0. The fourth-order valence-electron chi connectivity index (χ4n) is 1.90. The molecule has 0 saturated carbocycles. The van der Waals surface area contributed by atoms with Gasteiger partial charge < -0.3 is 14.9 Å². The number of nitrogens with one attached hydrogen (secondary N) is 1. The number of aliphatic hydroxyl groups is 1. The smallest absolute Gasteiger partial charge is 0.328 e. The van der Waals surface area contributed by atoms with Crippen LogP contribution < -0.4 is 5.32 Å². The number of carboxylic acid groups (broad SMARTS) is 1. The standard InChI is InChI=1S/C16H23NO5/c1-10(18)12(14(19)20)17-13(11-8-6-5-7-9-11)15(21)22-16(2,3)4/h5-10,12-13,17-18H,1-4H3,(H,19,20)/t10-,12+,13?/m1/s1. The zero-order chi connectivity index (χ0) is 16.9. The Kier molecular flexibility index (Phi) is 6.08. The van der Waals surface area contributed by atoms with Crippen LogP contribution in [0.4, 0.5) is 0 Å². The van der Waals surface area contributed by atoms with E-state index >= 15 is 0 Å². The first-order chi connectivity index (χ1) is 10.1. The van der Waals surface area contributed by atoms with Crippen molar-refractivity contribution in [3.05, 3.63) is 35.9 Å². The maximum Gasteiger partial charge on any atom is 0.328 e. The number of aliphatic hydroxyl groups excluding tert-OH is 1. The van der Waals surface area contributed by atoms with Gasteiger partial charge in [0.25, 0.3) is 0 Å². The lowest BCUT2D eigenvalue weighted by Crippen LogP contribution is -2.49. The first kappa shape index (κ1) is 18.1. The van der Waals surface area contributed by atoms with E-state index in [4.69, 9.17) is 4.74 Å². The van der Waals surface area contributed by atoms with Gasteiger partial charge in [-0.15, -0.1) is 0 Å². The lowest BCUT2D eigenvalue weighted by molar-refractivity contribution is -0.158. The number of aliphatic carboxylic acids is 1. The summed E-state index contributed by atoms with van der Waals surface area (Å²) in [5, 5.41) is 21.4. The normalized spacial score (nSPS) is 15.7. The van der Waals surface area contributed by atoms with Crippen molar-refractivity contribution in [1.29, 1.82) is 0 Å². The predicted octanol–water partition coefficient (Wildman–Crippen LogP) is 1.49. The second-order valence-corrected chi connectivity index (χ2v) is 6.10. The van der Waals surface area contributed by atoms with Crippen LogP contribution >= 0.6 is 0 Å². The highest BCUT2D eigenvalue weighted by molar-refractivity contribution is 5.80. The third-order valence-corrected chi connectivity index (χ3v) is 2.87. The number of carbonyl (C=O) groups excluding carboxylic acids is 1. The molecule has 1 aromatic rings. The summed E-state index contributed by atoms with van der Waals surface area (Å²) in [5.41, 5.74) is -0.126. The predicted molar refractivity (Wildman–Crippen MR) is 81.3 cm³/mol. The van der Waals surface area contributed by atoms with Crippen LogP contribution in [0.1, 0.15) is 39.3 Å². The van der Waals surface area contributed by atoms with Gasteiger partial charge in [0.05, 0.1) is 6.10 Å². The van der Waals surface area contributed by atoms with E-state index in [0.29, 0.717) is 5.56 Å². The Labute approximate surface area is 130 Å². The molecule has 3 atom stereocenters. The minimum Gasteiger partial charge on any atom is -0.480 e. The van der Waals surface area contributed by atoms with Gasteiger partial charge in [0.2, 0.25) is 0 Å². The Balaban J connectivity index is 3.07. The van der Waals surface area contributed by atoms with E-state index in [1.165, 1.54) is 6.92 Å². The zero-order valence-electron chi connectivity index (χ0n) is 13.2. The molecule has 6 heteroatoms. The second-order valence-electron chi connectivity index (χ2n) is 6.10. The van der Waals surface area contributed by atoms with Gasteiger partial charge in [0, 0.05) is 0 Å². The van der Waals surface area contributed by atoms with Gasteiger partial charge in [0.1, 0.15) is 17.7 Å². The van der Waals surface area contributed by atoms with Crippen LogP contribution in [-0.4, -0.2) is 39.9 Å². The molecule has 1 aromatic carbocycles. The Morgan fingerprint density at radius 3 is 2.14 bits per heavy atom. The summed E-state index contributed by atoms with van der Waals surface area (Å²) >= 11 is 0. The zero-order valence-corrected chi connectivity index (χ0v) is 13.2. The highest BCUT2D eigenvalue weighted by Gasteiger charge is 2.33. The number of carboxylic acids is 1. The SMILES string of the molecule is C[C@@H](O)[C@H](NC(C(=O)OC(C)(C)C)c1ccccc1)C(=O)O. The summed E-state index contributed by atoms with van der Waals surface area (Å²) in [6.07, 6.45) is -1.16. The maximum atomic E-state index is 12.4. The first-order valence-electron chi connectivity index (χ1n) is 7.06. The van der Waals surface area contributed by atoms with Crippen LogP contribution in [0.2, 0.25) is 0 Å². The van der Waals surface area contributed by atoms with Crippen molar-refractivity contribution in [2.75, 3.05) is 0 Å². The summed E-state index contributed by atoms with van der Waals surface area (Å²) in [5.74, 6) is -1.83. The summed E-state index contributed by atoms with van der Waals surface area (Å²) in [4.78, 5) is 23.6. The third kappa shape index (κ3) is 5.46. The van der Waals surface area contributed by atoms with Crippen LogP contribution in [0, 0.1) is 0 Å². The van der Waals surface area contributed by atoms with E-state index in [-0.39, 0.29) is 0 Å². The largest absolute Gasteiger partial charge is 0.480 e. The van der Waals surface area contributed by atoms with E-state index in [1.54, 1.807) is 51.1 Å². The van der Waals surface area contributed by atoms with Gasteiger partial charge in [-0.25, -0.2) is 4.79 Å². The molecule has 0 amide bonds. The average molecular weight is 309 g/mol. The van der Waals surface area contributed by atoms with E-state index < -0.39 is 35.7 Å². The molecule has 6 nitrogen and oxygen atoms in total. The highest BCUT2D eigenvalue weighted by Crippen LogP contribution is 2.19. The van der Waals surface area contributed by atoms with Crippen molar-refractivity contribution in [3.63, 3.8) is 0 Å². The fourth-order valence-corrected chi connectivity index (χ4v) is 1.90. The Hall–Kier alpha value is -1.92. The molecule has 0 fully saturated rings. The number of benzene rings is 1. The summed E-state index contributed by atoms with van der Waals surface area (Å²) in [7, 11) is 0. The van der Waals surface area contributed by atoms with E-state index in [9.17, 15) is 19.8 Å². The summed E-state index contributed by atoms with van der Waals surface area (Å²) < 4.78 is 5.34. The molecular formula is C16H23NO5. The van der Waals surface area contributed by atoms with E-state index in [1.807, 2.05) is 0 Å². The molecule has 0 aliphatic carbocycles. The van der Waals surface area contributed by atoms with Crippen molar-refractivity contribution in [2.45, 2.75) is 51.5 Å². The lowest BCUT2D eigenvalue weighted by Gasteiger charge is -2.27.